The third kappa shape index (κ3) is 6.29. The zero-order chi connectivity index (χ0) is 22.4. The summed E-state index contributed by atoms with van der Waals surface area (Å²) in [6.45, 7) is 0.291. The molecule has 1 aromatic heterocycles. The molecule has 2 N–H and O–H groups in total. The Morgan fingerprint density at radius 2 is 1.77 bits per heavy atom. The van der Waals surface area contributed by atoms with Gasteiger partial charge >= 0.3 is 0 Å². The van der Waals surface area contributed by atoms with E-state index in [-0.39, 0.29) is 33.9 Å². The fourth-order valence-corrected chi connectivity index (χ4v) is 4.84. The van der Waals surface area contributed by atoms with Crippen LogP contribution in [0.25, 0.3) is 5.69 Å². The summed E-state index contributed by atoms with van der Waals surface area (Å²) in [6.07, 6.45) is 7.48. The lowest BCUT2D eigenvalue weighted by Gasteiger charge is -2.20. The highest BCUT2D eigenvalue weighted by Crippen LogP contribution is 2.26. The van der Waals surface area contributed by atoms with Crippen molar-refractivity contribution < 1.29 is 13.2 Å². The second kappa shape index (κ2) is 10.6. The molecule has 1 aromatic carbocycles. The first-order valence-electron chi connectivity index (χ1n) is 10.1. The van der Waals surface area contributed by atoms with Gasteiger partial charge in [-0.1, -0.05) is 42.5 Å². The quantitative estimate of drug-likeness (QED) is 0.557. The number of carbonyl (C=O) groups is 1. The largest absolute Gasteiger partial charge is 0.355 e. The van der Waals surface area contributed by atoms with Crippen molar-refractivity contribution >= 4 is 39.1 Å². The number of rotatable bonds is 8. The van der Waals surface area contributed by atoms with E-state index in [2.05, 4.69) is 15.1 Å². The van der Waals surface area contributed by atoms with Crippen LogP contribution in [0.4, 0.5) is 0 Å². The van der Waals surface area contributed by atoms with Crippen LogP contribution in [0.1, 0.15) is 38.5 Å². The number of hydrogen-bond acceptors (Lipinski definition) is 5. The Balaban J connectivity index is 1.53. The SMILES string of the molecule is O=C(CC1CCCCC1)NCCNS(=O)(=O)c1ccc(-n2ncc(Cl)c(Cl)c2=O)cc1. The number of aromatic nitrogens is 2. The van der Waals surface area contributed by atoms with Gasteiger partial charge in [0.05, 0.1) is 21.8 Å². The van der Waals surface area contributed by atoms with Crippen LogP contribution in [0, 0.1) is 5.92 Å². The van der Waals surface area contributed by atoms with E-state index in [1.54, 1.807) is 0 Å². The van der Waals surface area contributed by atoms with E-state index >= 15 is 0 Å². The fraction of sp³-hybridized carbons (Fsp3) is 0.450. The third-order valence-electron chi connectivity index (χ3n) is 5.21. The van der Waals surface area contributed by atoms with Gasteiger partial charge < -0.3 is 5.32 Å². The highest BCUT2D eigenvalue weighted by atomic mass is 35.5. The minimum atomic E-state index is -3.77. The molecule has 0 bridgehead atoms. The zero-order valence-electron chi connectivity index (χ0n) is 16.8. The van der Waals surface area contributed by atoms with Gasteiger partial charge in [0, 0.05) is 19.5 Å². The zero-order valence-corrected chi connectivity index (χ0v) is 19.1. The Morgan fingerprint density at radius 3 is 2.45 bits per heavy atom. The molecule has 11 heteroatoms. The van der Waals surface area contributed by atoms with Gasteiger partial charge in [-0.2, -0.15) is 9.78 Å². The van der Waals surface area contributed by atoms with E-state index in [0.29, 0.717) is 18.0 Å². The smallest absolute Gasteiger partial charge is 0.291 e. The summed E-state index contributed by atoms with van der Waals surface area (Å²) >= 11 is 11.6. The number of hydrogen-bond donors (Lipinski definition) is 2. The van der Waals surface area contributed by atoms with Crippen molar-refractivity contribution in [2.24, 2.45) is 5.92 Å². The molecule has 1 amide bonds. The molecule has 1 aliphatic carbocycles. The maximum Gasteiger partial charge on any atom is 0.291 e. The summed E-state index contributed by atoms with van der Waals surface area (Å²) in [4.78, 5) is 24.2. The van der Waals surface area contributed by atoms with Gasteiger partial charge in [0.2, 0.25) is 15.9 Å². The second-order valence-corrected chi connectivity index (χ2v) is 10.0. The van der Waals surface area contributed by atoms with Crippen LogP contribution >= 0.6 is 23.2 Å². The summed E-state index contributed by atoms with van der Waals surface area (Å²) in [5, 5.41) is 6.54. The lowest BCUT2D eigenvalue weighted by Crippen LogP contribution is -2.35. The first kappa shape index (κ1) is 23.7. The molecule has 1 aliphatic rings. The van der Waals surface area contributed by atoms with Crippen LogP contribution in [0.2, 0.25) is 10.0 Å². The topological polar surface area (TPSA) is 110 Å². The monoisotopic (exact) mass is 486 g/mol. The molecule has 2 aromatic rings. The van der Waals surface area contributed by atoms with Crippen LogP contribution in [0.3, 0.4) is 0 Å². The molecule has 0 unspecified atom stereocenters. The lowest BCUT2D eigenvalue weighted by molar-refractivity contribution is -0.122. The van der Waals surface area contributed by atoms with Gasteiger partial charge in [-0.25, -0.2) is 13.1 Å². The number of nitrogens with one attached hydrogen (secondary N) is 2. The van der Waals surface area contributed by atoms with Gasteiger partial charge in [0.25, 0.3) is 5.56 Å². The van der Waals surface area contributed by atoms with Gasteiger partial charge in [-0.15, -0.1) is 0 Å². The van der Waals surface area contributed by atoms with Crippen LogP contribution in [0.15, 0.2) is 40.2 Å². The van der Waals surface area contributed by atoms with Crippen LogP contribution in [-0.4, -0.2) is 37.2 Å². The Morgan fingerprint density at radius 1 is 1.10 bits per heavy atom. The fourth-order valence-electron chi connectivity index (χ4n) is 3.56. The summed E-state index contributed by atoms with van der Waals surface area (Å²) in [5.74, 6) is 0.386. The molecular weight excluding hydrogens is 463 g/mol. The molecule has 0 aliphatic heterocycles. The maximum atomic E-state index is 12.5. The lowest BCUT2D eigenvalue weighted by atomic mass is 9.87. The summed E-state index contributed by atoms with van der Waals surface area (Å²) in [5.41, 5.74) is -0.260. The number of carbonyl (C=O) groups excluding carboxylic acids is 1. The van der Waals surface area contributed by atoms with Crippen molar-refractivity contribution in [2.45, 2.75) is 43.4 Å². The standard InChI is InChI=1S/C20H24Cl2N4O4S/c21-17-13-24-26(20(28)19(17)22)15-6-8-16(9-7-15)31(29,30)25-11-10-23-18(27)12-14-4-2-1-3-5-14/h6-9,13-14,25H,1-5,10-12H2,(H,23,27). The predicted octanol–water partition coefficient (Wildman–Crippen LogP) is 2.90. The number of nitrogens with zero attached hydrogens (tertiary/aromatic N) is 2. The van der Waals surface area contributed by atoms with Gasteiger partial charge in [-0.3, -0.25) is 9.59 Å². The predicted molar refractivity (Wildman–Crippen MR) is 119 cm³/mol. The maximum absolute atomic E-state index is 12.5. The third-order valence-corrected chi connectivity index (χ3v) is 7.43. The molecule has 1 fully saturated rings. The van der Waals surface area contributed by atoms with Crippen LogP contribution in [0.5, 0.6) is 0 Å². The van der Waals surface area contributed by atoms with E-state index in [1.807, 2.05) is 0 Å². The van der Waals surface area contributed by atoms with E-state index in [4.69, 9.17) is 23.2 Å². The highest BCUT2D eigenvalue weighted by Gasteiger charge is 2.18. The normalized spacial score (nSPS) is 15.0. The number of halogens is 2. The number of amides is 1. The minimum absolute atomic E-state index is 0.0258. The number of sulfonamides is 1. The summed E-state index contributed by atoms with van der Waals surface area (Å²) < 4.78 is 28.4. The van der Waals surface area contributed by atoms with E-state index in [1.165, 1.54) is 49.7 Å². The molecular formula is C20H24Cl2N4O4S. The first-order chi connectivity index (χ1) is 14.8. The van der Waals surface area contributed by atoms with Crippen molar-refractivity contribution in [1.82, 2.24) is 19.8 Å². The van der Waals surface area contributed by atoms with Crippen molar-refractivity contribution in [3.63, 3.8) is 0 Å². The second-order valence-electron chi connectivity index (χ2n) is 7.47. The summed E-state index contributed by atoms with van der Waals surface area (Å²) in [6, 6.07) is 5.60. The first-order valence-corrected chi connectivity index (χ1v) is 12.3. The molecule has 0 spiro atoms. The van der Waals surface area contributed by atoms with E-state index < -0.39 is 15.6 Å². The molecule has 0 saturated heterocycles. The highest BCUT2D eigenvalue weighted by molar-refractivity contribution is 7.89. The minimum Gasteiger partial charge on any atom is -0.355 e. The Bertz CT molecular complexity index is 1080. The number of benzene rings is 1. The molecule has 1 heterocycles. The van der Waals surface area contributed by atoms with Crippen LogP contribution < -0.4 is 15.6 Å². The van der Waals surface area contributed by atoms with E-state index in [0.717, 1.165) is 17.5 Å². The molecule has 0 atom stereocenters. The van der Waals surface area contributed by atoms with Crippen molar-refractivity contribution in [3.8, 4) is 5.69 Å². The average molecular weight is 487 g/mol. The molecule has 0 radical (unpaired) electrons. The van der Waals surface area contributed by atoms with Crippen molar-refractivity contribution in [3.05, 3.63) is 50.9 Å². The van der Waals surface area contributed by atoms with Crippen LogP contribution in [-0.2, 0) is 14.8 Å². The summed E-state index contributed by atoms with van der Waals surface area (Å²) in [7, 11) is -3.77. The molecule has 168 valence electrons. The molecule has 3 rings (SSSR count). The van der Waals surface area contributed by atoms with Gasteiger partial charge in [0.15, 0.2) is 0 Å². The Hall–Kier alpha value is -1.94. The Labute approximate surface area is 191 Å². The van der Waals surface area contributed by atoms with Crippen molar-refractivity contribution in [1.29, 1.82) is 0 Å². The Kier molecular flexibility index (Phi) is 8.10. The molecule has 8 nitrogen and oxygen atoms in total. The molecule has 1 saturated carbocycles. The van der Waals surface area contributed by atoms with Gasteiger partial charge in [0.1, 0.15) is 5.02 Å². The molecule has 31 heavy (non-hydrogen) atoms. The van der Waals surface area contributed by atoms with Gasteiger partial charge in [-0.05, 0) is 43.0 Å². The van der Waals surface area contributed by atoms with E-state index in [9.17, 15) is 18.0 Å². The van der Waals surface area contributed by atoms with Crippen molar-refractivity contribution in [2.75, 3.05) is 13.1 Å². The average Bonchev–Trinajstić information content (AvgIpc) is 2.76.